The Balaban J connectivity index is 3.17. The molecule has 0 aliphatic heterocycles. The van der Waals surface area contributed by atoms with E-state index in [4.69, 9.17) is 5.14 Å². The summed E-state index contributed by atoms with van der Waals surface area (Å²) < 4.78 is 17.4. The van der Waals surface area contributed by atoms with Crippen molar-refractivity contribution in [3.63, 3.8) is 0 Å². The number of nitrogens with zero attached hydrogens (tertiary/aromatic N) is 2. The summed E-state index contributed by atoms with van der Waals surface area (Å²) >= 11 is 0. The van der Waals surface area contributed by atoms with Crippen LogP contribution in [0.4, 0.5) is 0 Å². The highest BCUT2D eigenvalue weighted by Gasteiger charge is 2.37. The Morgan fingerprint density at radius 3 is 2.05 bits per heavy atom. The summed E-state index contributed by atoms with van der Waals surface area (Å²) in [6.45, 7) is 11.5. The van der Waals surface area contributed by atoms with Gasteiger partial charge in [-0.1, -0.05) is 32.9 Å². The molecule has 0 heterocycles. The fourth-order valence-corrected chi connectivity index (χ4v) is 6.44. The Labute approximate surface area is 131 Å². The van der Waals surface area contributed by atoms with Gasteiger partial charge in [0.15, 0.2) is 8.24 Å². The Morgan fingerprint density at radius 2 is 1.67 bits per heavy atom. The van der Waals surface area contributed by atoms with E-state index >= 15 is 0 Å². The molecule has 0 radical (unpaired) electrons. The second kappa shape index (κ2) is 6.20. The van der Waals surface area contributed by atoms with Gasteiger partial charge in [-0.3, -0.25) is 4.03 Å². The molecule has 0 amide bonds. The standard InChI is InChI=1S/C15H29N3OSSi/c1-15(2,3)21(6,7)17-20(16,19)14-10-8-13(9-11-14)12-18(4)5/h8-11H,12H2,1-7H3,(H2,16,17,19). The summed E-state index contributed by atoms with van der Waals surface area (Å²) in [5.41, 5.74) is 1.17. The Hall–Kier alpha value is -0.693. The van der Waals surface area contributed by atoms with Crippen molar-refractivity contribution in [1.29, 1.82) is 0 Å². The van der Waals surface area contributed by atoms with E-state index in [0.717, 1.165) is 6.54 Å². The third-order valence-corrected chi connectivity index (χ3v) is 11.5. The third kappa shape index (κ3) is 4.91. The highest BCUT2D eigenvalue weighted by molar-refractivity contribution is 7.92. The smallest absolute Gasteiger partial charge is 0.195 e. The molecule has 0 aromatic heterocycles. The van der Waals surface area contributed by atoms with Gasteiger partial charge in [0.05, 0.1) is 4.90 Å². The molecular formula is C15H29N3OSSi. The van der Waals surface area contributed by atoms with Gasteiger partial charge in [0, 0.05) is 6.54 Å². The summed E-state index contributed by atoms with van der Waals surface area (Å²) in [5, 5.41) is 6.09. The van der Waals surface area contributed by atoms with Gasteiger partial charge >= 0.3 is 0 Å². The van der Waals surface area contributed by atoms with Gasteiger partial charge in [-0.25, -0.2) is 9.35 Å². The van der Waals surface area contributed by atoms with Crippen molar-refractivity contribution in [2.45, 2.75) is 50.3 Å². The van der Waals surface area contributed by atoms with Crippen molar-refractivity contribution in [3.05, 3.63) is 29.8 Å². The molecule has 0 saturated heterocycles. The van der Waals surface area contributed by atoms with Crippen molar-refractivity contribution >= 4 is 18.2 Å². The van der Waals surface area contributed by atoms with E-state index in [1.165, 1.54) is 5.56 Å². The lowest BCUT2D eigenvalue weighted by Gasteiger charge is -2.32. The zero-order valence-electron chi connectivity index (χ0n) is 14.3. The first-order valence-corrected chi connectivity index (χ1v) is 11.7. The maximum atomic E-state index is 12.8. The van der Waals surface area contributed by atoms with Crippen LogP contribution in [-0.2, 0) is 16.5 Å². The first kappa shape index (κ1) is 18.4. The van der Waals surface area contributed by atoms with Crippen molar-refractivity contribution in [2.24, 2.45) is 9.17 Å². The van der Waals surface area contributed by atoms with Gasteiger partial charge in [-0.15, -0.1) is 0 Å². The molecule has 4 nitrogen and oxygen atoms in total. The Morgan fingerprint density at radius 1 is 1.19 bits per heavy atom. The zero-order chi connectivity index (χ0) is 16.5. The second-order valence-corrected chi connectivity index (χ2v) is 14.3. The highest BCUT2D eigenvalue weighted by Crippen LogP contribution is 2.37. The van der Waals surface area contributed by atoms with E-state index in [0.29, 0.717) is 4.90 Å². The van der Waals surface area contributed by atoms with Crippen LogP contribution in [0.3, 0.4) is 0 Å². The molecule has 0 aliphatic rings. The van der Waals surface area contributed by atoms with Crippen LogP contribution in [-0.4, -0.2) is 31.4 Å². The first-order chi connectivity index (χ1) is 9.35. The average molecular weight is 328 g/mol. The number of hydrogen-bond donors (Lipinski definition) is 1. The first-order valence-electron chi connectivity index (χ1n) is 7.15. The van der Waals surface area contributed by atoms with E-state index in [9.17, 15) is 4.21 Å². The van der Waals surface area contributed by atoms with Crippen LogP contribution in [0.25, 0.3) is 0 Å². The molecule has 120 valence electrons. The molecule has 0 bridgehead atoms. The van der Waals surface area contributed by atoms with Gasteiger partial charge in [-0.2, -0.15) is 0 Å². The van der Waals surface area contributed by atoms with E-state index in [2.05, 4.69) is 42.8 Å². The Kier molecular flexibility index (Phi) is 5.42. The van der Waals surface area contributed by atoms with Gasteiger partial charge < -0.3 is 4.90 Å². The highest BCUT2D eigenvalue weighted by atomic mass is 32.2. The van der Waals surface area contributed by atoms with Gasteiger partial charge in [0.25, 0.3) is 0 Å². The van der Waals surface area contributed by atoms with Gasteiger partial charge in [-0.05, 0) is 49.9 Å². The molecular weight excluding hydrogens is 298 g/mol. The lowest BCUT2D eigenvalue weighted by molar-refractivity contribution is 0.402. The van der Waals surface area contributed by atoms with Crippen LogP contribution in [0.5, 0.6) is 0 Å². The Bertz CT molecular complexity index is 594. The topological polar surface area (TPSA) is 58.7 Å². The molecule has 2 N–H and O–H groups in total. The third-order valence-electron chi connectivity index (χ3n) is 3.96. The van der Waals surface area contributed by atoms with Crippen LogP contribution < -0.4 is 5.14 Å². The predicted molar refractivity (Wildman–Crippen MR) is 94.1 cm³/mol. The summed E-state index contributed by atoms with van der Waals surface area (Å²) in [6.07, 6.45) is 0. The minimum atomic E-state index is -2.82. The maximum absolute atomic E-state index is 12.8. The molecule has 1 aromatic rings. The average Bonchev–Trinajstić information content (AvgIpc) is 2.25. The normalized spacial score (nSPS) is 15.9. The molecule has 6 heteroatoms. The monoisotopic (exact) mass is 327 g/mol. The summed E-state index contributed by atoms with van der Waals surface area (Å²) in [6, 6.07) is 7.64. The molecule has 0 spiro atoms. The van der Waals surface area contributed by atoms with Crippen LogP contribution >= 0.6 is 0 Å². The van der Waals surface area contributed by atoms with E-state index in [1.807, 2.05) is 38.4 Å². The predicted octanol–water partition coefficient (Wildman–Crippen LogP) is 3.45. The quantitative estimate of drug-likeness (QED) is 0.861. The van der Waals surface area contributed by atoms with Crippen LogP contribution in [0.2, 0.25) is 18.1 Å². The lowest BCUT2D eigenvalue weighted by Crippen LogP contribution is -2.37. The van der Waals surface area contributed by atoms with E-state index in [1.54, 1.807) is 0 Å². The van der Waals surface area contributed by atoms with Crippen molar-refractivity contribution in [1.82, 2.24) is 4.90 Å². The largest absolute Gasteiger partial charge is 0.305 e. The van der Waals surface area contributed by atoms with Crippen LogP contribution in [0, 0.1) is 0 Å². The van der Waals surface area contributed by atoms with Gasteiger partial charge in [0.1, 0.15) is 9.92 Å². The minimum Gasteiger partial charge on any atom is -0.305 e. The number of rotatable bonds is 4. The van der Waals surface area contributed by atoms with Crippen LogP contribution in [0.15, 0.2) is 33.2 Å². The second-order valence-electron chi connectivity index (χ2n) is 7.35. The number of nitrogens with two attached hydrogens (primary N) is 1. The fraction of sp³-hybridized carbons (Fsp3) is 0.600. The van der Waals surface area contributed by atoms with Gasteiger partial charge in [0.2, 0.25) is 0 Å². The van der Waals surface area contributed by atoms with Crippen LogP contribution in [0.1, 0.15) is 26.3 Å². The molecule has 1 unspecified atom stereocenters. The lowest BCUT2D eigenvalue weighted by atomic mass is 10.2. The maximum Gasteiger partial charge on any atom is 0.195 e. The molecule has 0 saturated carbocycles. The minimum absolute atomic E-state index is 0.0277. The molecule has 0 aliphatic carbocycles. The van der Waals surface area contributed by atoms with E-state index in [-0.39, 0.29) is 5.04 Å². The van der Waals surface area contributed by atoms with Crippen molar-refractivity contribution < 1.29 is 4.21 Å². The summed E-state index contributed by atoms with van der Waals surface area (Å²) in [4.78, 5) is 2.71. The number of benzene rings is 1. The molecule has 1 atom stereocenters. The number of hydrogen-bond acceptors (Lipinski definition) is 3. The molecule has 1 rings (SSSR count). The fourth-order valence-electron chi connectivity index (χ4n) is 1.68. The zero-order valence-corrected chi connectivity index (χ0v) is 16.1. The molecule has 1 aromatic carbocycles. The van der Waals surface area contributed by atoms with Crippen molar-refractivity contribution in [2.75, 3.05) is 14.1 Å². The van der Waals surface area contributed by atoms with E-state index < -0.39 is 18.2 Å². The summed E-state index contributed by atoms with van der Waals surface area (Å²) in [7, 11) is -0.829. The molecule has 21 heavy (non-hydrogen) atoms. The molecule has 0 fully saturated rings. The van der Waals surface area contributed by atoms with Crippen molar-refractivity contribution in [3.8, 4) is 0 Å². The summed E-state index contributed by atoms with van der Waals surface area (Å²) in [5.74, 6) is 0. The SMILES string of the molecule is CN(C)Cc1ccc(S(N)(=O)=N[Si](C)(C)C(C)(C)C)cc1.